The van der Waals surface area contributed by atoms with Crippen LogP contribution in [0.5, 0.6) is 0 Å². The molecule has 0 radical (unpaired) electrons. The van der Waals surface area contributed by atoms with Crippen molar-refractivity contribution in [3.05, 3.63) is 65.6 Å². The Bertz CT molecular complexity index is 181. The number of primary amides is 1. The molecule has 0 bridgehead atoms. The van der Waals surface area contributed by atoms with Gasteiger partial charge in [0, 0.05) is 13.3 Å². The topological polar surface area (TPSA) is 74.3 Å². The SMILES string of the molecule is C=C.C=C.C=C.[CH2+]CC[N-][C@@H](C=O)CC(N)=O.[CH2+]C[CH2-]. The monoisotopic (exact) mass is 282 g/mol. The fourth-order valence-electron chi connectivity index (χ4n) is 0.619. The molecule has 0 aromatic rings. The average Bonchev–Trinajstić information content (AvgIpc) is 2.50. The Labute approximate surface area is 125 Å². The quantitative estimate of drug-likeness (QED) is 0.460. The van der Waals surface area contributed by atoms with E-state index in [9.17, 15) is 9.59 Å². The molecule has 0 aliphatic carbocycles. The molecule has 0 saturated carbocycles. The third-order valence-corrected chi connectivity index (χ3v) is 1.09. The summed E-state index contributed by atoms with van der Waals surface area (Å²) in [6.45, 7) is 28.8. The molecular formula is C16H30N2O2. The average molecular weight is 282 g/mol. The number of amides is 1. The van der Waals surface area contributed by atoms with E-state index in [1.165, 1.54) is 0 Å². The summed E-state index contributed by atoms with van der Waals surface area (Å²) in [5.74, 6) is -0.505. The summed E-state index contributed by atoms with van der Waals surface area (Å²) in [6.07, 6.45) is 2.01. The lowest BCUT2D eigenvalue weighted by molar-refractivity contribution is -0.120. The summed E-state index contributed by atoms with van der Waals surface area (Å²) in [7, 11) is 0. The van der Waals surface area contributed by atoms with Gasteiger partial charge in [-0.3, -0.25) is 11.7 Å². The molecule has 1 atom stereocenters. The maximum Gasteiger partial charge on any atom is 0.216 e. The Balaban J connectivity index is -0.0000000698. The smallest absolute Gasteiger partial charge is 0.216 e. The van der Waals surface area contributed by atoms with Gasteiger partial charge in [0.25, 0.3) is 0 Å². The van der Waals surface area contributed by atoms with Crippen molar-refractivity contribution in [2.24, 2.45) is 5.73 Å². The number of nitrogens with two attached hydrogens (primary N) is 1. The highest BCUT2D eigenvalue weighted by Gasteiger charge is 1.99. The molecule has 0 unspecified atom stereocenters. The summed E-state index contributed by atoms with van der Waals surface area (Å²) in [4.78, 5) is 20.5. The lowest BCUT2D eigenvalue weighted by Crippen LogP contribution is -2.21. The molecule has 0 aromatic carbocycles. The first-order chi connectivity index (χ1) is 9.62. The van der Waals surface area contributed by atoms with Crippen molar-refractivity contribution in [1.29, 1.82) is 0 Å². The summed E-state index contributed by atoms with van der Waals surface area (Å²) < 4.78 is 0. The van der Waals surface area contributed by atoms with Crippen LogP contribution in [-0.4, -0.2) is 24.8 Å². The lowest BCUT2D eigenvalue weighted by Gasteiger charge is -2.22. The Morgan fingerprint density at radius 2 is 1.55 bits per heavy atom. The van der Waals surface area contributed by atoms with Gasteiger partial charge in [0.05, 0.1) is 13.3 Å². The molecular weight excluding hydrogens is 252 g/mol. The first kappa shape index (κ1) is 30.8. The van der Waals surface area contributed by atoms with Gasteiger partial charge in [0.15, 0.2) is 0 Å². The number of aldehydes is 1. The maximum atomic E-state index is 10.3. The first-order valence-corrected chi connectivity index (χ1v) is 5.90. The van der Waals surface area contributed by atoms with Crippen LogP contribution in [0.4, 0.5) is 0 Å². The highest BCUT2D eigenvalue weighted by atomic mass is 16.1. The van der Waals surface area contributed by atoms with Gasteiger partial charge in [-0.25, -0.2) is 0 Å². The summed E-state index contributed by atoms with van der Waals surface area (Å²) >= 11 is 0. The van der Waals surface area contributed by atoms with Crippen molar-refractivity contribution in [2.45, 2.75) is 25.3 Å². The molecule has 4 heteroatoms. The zero-order chi connectivity index (χ0) is 17.4. The van der Waals surface area contributed by atoms with Crippen LogP contribution in [0, 0.1) is 20.8 Å². The third kappa shape index (κ3) is 56.1. The molecule has 0 aliphatic rings. The molecule has 0 fully saturated rings. The van der Waals surface area contributed by atoms with Crippen LogP contribution in [0.3, 0.4) is 0 Å². The van der Waals surface area contributed by atoms with Crippen molar-refractivity contribution < 1.29 is 9.59 Å². The van der Waals surface area contributed by atoms with Crippen LogP contribution < -0.4 is 5.73 Å². The summed E-state index contributed by atoms with van der Waals surface area (Å²) in [6, 6.07) is -0.575. The number of hydrogen-bond donors (Lipinski definition) is 1. The van der Waals surface area contributed by atoms with Crippen molar-refractivity contribution in [2.75, 3.05) is 6.54 Å². The zero-order valence-corrected chi connectivity index (χ0v) is 12.7. The van der Waals surface area contributed by atoms with E-state index >= 15 is 0 Å². The normalized spacial score (nSPS) is 8.25. The number of carbonyl (C=O) groups is 2. The van der Waals surface area contributed by atoms with Crippen molar-refractivity contribution in [1.82, 2.24) is 0 Å². The van der Waals surface area contributed by atoms with E-state index in [2.05, 4.69) is 65.6 Å². The van der Waals surface area contributed by atoms with Gasteiger partial charge in [0.1, 0.15) is 6.29 Å². The Morgan fingerprint density at radius 3 is 1.75 bits per heavy atom. The van der Waals surface area contributed by atoms with Crippen LogP contribution in [0.1, 0.15) is 19.3 Å². The van der Waals surface area contributed by atoms with Gasteiger partial charge in [-0.05, 0) is 6.42 Å². The summed E-state index contributed by atoms with van der Waals surface area (Å²) in [5, 5.41) is 3.87. The Morgan fingerprint density at radius 1 is 1.20 bits per heavy atom. The number of nitrogens with zero attached hydrogens (tertiary/aromatic N) is 1. The van der Waals surface area contributed by atoms with Gasteiger partial charge >= 0.3 is 0 Å². The van der Waals surface area contributed by atoms with Gasteiger partial charge < -0.3 is 15.8 Å². The first-order valence-electron chi connectivity index (χ1n) is 5.90. The van der Waals surface area contributed by atoms with Crippen LogP contribution in [0.15, 0.2) is 39.5 Å². The van der Waals surface area contributed by atoms with Crippen LogP contribution in [-0.2, 0) is 9.59 Å². The highest BCUT2D eigenvalue weighted by Crippen LogP contribution is 2.02. The molecule has 20 heavy (non-hydrogen) atoms. The molecule has 116 valence electrons. The van der Waals surface area contributed by atoms with E-state index in [1.807, 2.05) is 0 Å². The zero-order valence-electron chi connectivity index (χ0n) is 12.7. The molecule has 0 aliphatic heterocycles. The minimum Gasteiger partial charge on any atom is -0.650 e. The predicted octanol–water partition coefficient (Wildman–Crippen LogP) is 3.48. The summed E-state index contributed by atoms with van der Waals surface area (Å²) in [5.41, 5.74) is 4.87. The van der Waals surface area contributed by atoms with E-state index in [4.69, 9.17) is 5.73 Å². The standard InChI is InChI=1S/C7H12N2O2.C3H6.3C2H4/c1-2-3-9-6(5-10)4-7(8)11;1-3-2;3*1-2/h5-6H,1-4H2,(H2,8,11);1-3H2;3*1-2H2/t6-;;;;/m1..../s1. The molecule has 0 rings (SSSR count). The van der Waals surface area contributed by atoms with Crippen molar-refractivity contribution in [3.63, 3.8) is 0 Å². The van der Waals surface area contributed by atoms with Crippen LogP contribution >= 0.6 is 0 Å². The Hall–Kier alpha value is -1.94. The van der Waals surface area contributed by atoms with Crippen LogP contribution in [0.25, 0.3) is 5.32 Å². The van der Waals surface area contributed by atoms with E-state index < -0.39 is 11.9 Å². The van der Waals surface area contributed by atoms with Crippen molar-refractivity contribution >= 4 is 12.2 Å². The number of carbonyl (C=O) groups excluding carboxylic acids is 2. The second-order valence-corrected chi connectivity index (χ2v) is 2.49. The van der Waals surface area contributed by atoms with Gasteiger partial charge in [-0.15, -0.1) is 46.0 Å². The van der Waals surface area contributed by atoms with E-state index in [1.54, 1.807) is 0 Å². The fourth-order valence-corrected chi connectivity index (χ4v) is 0.619. The van der Waals surface area contributed by atoms with Crippen molar-refractivity contribution in [3.8, 4) is 0 Å². The highest BCUT2D eigenvalue weighted by molar-refractivity contribution is 5.79. The van der Waals surface area contributed by atoms with Gasteiger partial charge in [-0.1, -0.05) is 6.04 Å². The Kier molecular flexibility index (Phi) is 67.0. The number of hydrogen-bond acceptors (Lipinski definition) is 2. The molecule has 0 aromatic heterocycles. The lowest BCUT2D eigenvalue weighted by atomic mass is 10.2. The fraction of sp³-hybridized carbons (Fsp3) is 0.312. The molecule has 4 nitrogen and oxygen atoms in total. The molecule has 0 spiro atoms. The molecule has 1 amide bonds. The van der Waals surface area contributed by atoms with Gasteiger partial charge in [-0.2, -0.15) is 0 Å². The second-order valence-electron chi connectivity index (χ2n) is 2.49. The molecule has 0 heterocycles. The minimum atomic E-state index is -0.575. The third-order valence-electron chi connectivity index (χ3n) is 1.09. The second kappa shape index (κ2) is 43.5. The largest absolute Gasteiger partial charge is 0.650 e. The van der Waals surface area contributed by atoms with Gasteiger partial charge in [0.2, 0.25) is 5.91 Å². The van der Waals surface area contributed by atoms with E-state index in [0.29, 0.717) is 19.3 Å². The number of rotatable bonds is 6. The predicted molar refractivity (Wildman–Crippen MR) is 91.0 cm³/mol. The molecule has 0 saturated heterocycles. The van der Waals surface area contributed by atoms with Crippen LogP contribution in [0.2, 0.25) is 0 Å². The van der Waals surface area contributed by atoms with E-state index in [0.717, 1.165) is 6.42 Å². The molecule has 2 N–H and O–H groups in total. The van der Waals surface area contributed by atoms with E-state index in [-0.39, 0.29) is 6.42 Å². The maximum absolute atomic E-state index is 10.3. The minimum absolute atomic E-state index is 0.00347.